The minimum absolute atomic E-state index is 0.109. The molecule has 29 heavy (non-hydrogen) atoms. The maximum atomic E-state index is 12.6. The van der Waals surface area contributed by atoms with Gasteiger partial charge in [-0.3, -0.25) is 4.79 Å². The average Bonchev–Trinajstić information content (AvgIpc) is 2.76. The summed E-state index contributed by atoms with van der Waals surface area (Å²) < 4.78 is 5.25. The number of amides is 1. The van der Waals surface area contributed by atoms with Crippen molar-refractivity contribution in [2.24, 2.45) is 0 Å². The van der Waals surface area contributed by atoms with E-state index in [0.717, 1.165) is 40.6 Å². The molecular formula is C23H23N3O2S. The summed E-state index contributed by atoms with van der Waals surface area (Å²) in [6.07, 6.45) is 1.70. The van der Waals surface area contributed by atoms with E-state index in [1.54, 1.807) is 13.2 Å². The molecule has 1 amide bonds. The van der Waals surface area contributed by atoms with Gasteiger partial charge in [0.15, 0.2) is 0 Å². The van der Waals surface area contributed by atoms with Gasteiger partial charge in [-0.1, -0.05) is 43.8 Å². The van der Waals surface area contributed by atoms with Crippen molar-refractivity contribution in [1.82, 2.24) is 4.98 Å². The molecule has 0 saturated carbocycles. The number of thioether (sulfide) groups is 1. The van der Waals surface area contributed by atoms with E-state index in [4.69, 9.17) is 4.74 Å². The zero-order valence-electron chi connectivity index (χ0n) is 16.8. The van der Waals surface area contributed by atoms with Crippen LogP contribution in [-0.2, 0) is 17.6 Å². The van der Waals surface area contributed by atoms with Crippen LogP contribution < -0.4 is 10.1 Å². The van der Waals surface area contributed by atoms with Crippen LogP contribution >= 0.6 is 11.8 Å². The van der Waals surface area contributed by atoms with Gasteiger partial charge in [-0.15, -0.1) is 0 Å². The molecule has 0 fully saturated rings. The molecule has 3 rings (SSSR count). The van der Waals surface area contributed by atoms with E-state index in [2.05, 4.69) is 30.2 Å². The van der Waals surface area contributed by atoms with Gasteiger partial charge in [0.2, 0.25) is 5.91 Å². The van der Waals surface area contributed by atoms with Crippen molar-refractivity contribution in [3.8, 4) is 11.8 Å². The number of aromatic nitrogens is 1. The van der Waals surface area contributed by atoms with Crippen LogP contribution in [0.15, 0.2) is 47.5 Å². The van der Waals surface area contributed by atoms with Gasteiger partial charge in [0.1, 0.15) is 16.8 Å². The van der Waals surface area contributed by atoms with Gasteiger partial charge in [0, 0.05) is 17.1 Å². The SMILES string of the molecule is CCc1cccc(CC)c1NC(=O)CSc1nc2cc(OC)ccc2cc1C#N. The van der Waals surface area contributed by atoms with Gasteiger partial charge >= 0.3 is 0 Å². The highest BCUT2D eigenvalue weighted by Gasteiger charge is 2.13. The lowest BCUT2D eigenvalue weighted by molar-refractivity contribution is -0.113. The van der Waals surface area contributed by atoms with Crippen LogP contribution in [-0.4, -0.2) is 23.8 Å². The van der Waals surface area contributed by atoms with Crippen molar-refractivity contribution in [2.45, 2.75) is 31.7 Å². The number of fused-ring (bicyclic) bond motifs is 1. The largest absolute Gasteiger partial charge is 0.497 e. The summed E-state index contributed by atoms with van der Waals surface area (Å²) >= 11 is 1.27. The maximum absolute atomic E-state index is 12.6. The van der Waals surface area contributed by atoms with Gasteiger partial charge < -0.3 is 10.1 Å². The molecule has 0 unspecified atom stereocenters. The zero-order valence-corrected chi connectivity index (χ0v) is 17.6. The van der Waals surface area contributed by atoms with Crippen LogP contribution in [0.25, 0.3) is 10.9 Å². The summed E-state index contributed by atoms with van der Waals surface area (Å²) in [5, 5.41) is 13.9. The van der Waals surface area contributed by atoms with E-state index in [-0.39, 0.29) is 11.7 Å². The normalized spacial score (nSPS) is 10.6. The number of nitrogens with one attached hydrogen (secondary N) is 1. The zero-order chi connectivity index (χ0) is 20.8. The average molecular weight is 406 g/mol. The van der Waals surface area contributed by atoms with Gasteiger partial charge in [0.25, 0.3) is 0 Å². The Labute approximate surface area is 175 Å². The number of nitriles is 1. The smallest absolute Gasteiger partial charge is 0.234 e. The first kappa shape index (κ1) is 20.7. The molecule has 0 radical (unpaired) electrons. The topological polar surface area (TPSA) is 75.0 Å². The number of methoxy groups -OCH3 is 1. The summed E-state index contributed by atoms with van der Waals surface area (Å²) in [6, 6.07) is 15.6. The summed E-state index contributed by atoms with van der Waals surface area (Å²) in [5.41, 5.74) is 4.34. The van der Waals surface area contributed by atoms with E-state index in [1.807, 2.05) is 36.4 Å². The van der Waals surface area contributed by atoms with Crippen LogP contribution in [0.1, 0.15) is 30.5 Å². The van der Waals surface area contributed by atoms with E-state index >= 15 is 0 Å². The molecule has 1 N–H and O–H groups in total. The van der Waals surface area contributed by atoms with Gasteiger partial charge in [-0.25, -0.2) is 4.98 Å². The summed E-state index contributed by atoms with van der Waals surface area (Å²) in [5.74, 6) is 0.770. The fraction of sp³-hybridized carbons (Fsp3) is 0.261. The number of pyridine rings is 1. The van der Waals surface area contributed by atoms with Gasteiger partial charge in [-0.2, -0.15) is 5.26 Å². The number of para-hydroxylation sites is 1. The highest BCUT2D eigenvalue weighted by molar-refractivity contribution is 8.00. The first-order valence-corrected chi connectivity index (χ1v) is 10.5. The Hall–Kier alpha value is -3.04. The second kappa shape index (κ2) is 9.44. The van der Waals surface area contributed by atoms with Crippen molar-refractivity contribution in [3.63, 3.8) is 0 Å². The van der Waals surface area contributed by atoms with Crippen molar-refractivity contribution >= 4 is 34.3 Å². The number of hydrogen-bond donors (Lipinski definition) is 1. The van der Waals surface area contributed by atoms with Crippen LogP contribution in [0.5, 0.6) is 5.75 Å². The minimum atomic E-state index is -0.109. The second-order valence-corrected chi connectivity index (χ2v) is 7.47. The summed E-state index contributed by atoms with van der Waals surface area (Å²) in [7, 11) is 1.60. The van der Waals surface area contributed by atoms with E-state index in [9.17, 15) is 10.1 Å². The molecule has 0 spiro atoms. The van der Waals surface area contributed by atoms with E-state index < -0.39 is 0 Å². The monoisotopic (exact) mass is 405 g/mol. The molecular weight excluding hydrogens is 382 g/mol. The Bertz CT molecular complexity index is 1070. The molecule has 0 atom stereocenters. The first-order chi connectivity index (χ1) is 14.1. The number of benzene rings is 2. The maximum Gasteiger partial charge on any atom is 0.234 e. The van der Waals surface area contributed by atoms with Crippen LogP contribution in [0.2, 0.25) is 0 Å². The Balaban J connectivity index is 1.80. The molecule has 2 aromatic carbocycles. The number of nitrogens with zero attached hydrogens (tertiary/aromatic N) is 2. The molecule has 0 aliphatic rings. The van der Waals surface area contributed by atoms with Crippen LogP contribution in [0.3, 0.4) is 0 Å². The highest BCUT2D eigenvalue weighted by Crippen LogP contribution is 2.28. The van der Waals surface area contributed by atoms with Gasteiger partial charge in [-0.05, 0) is 42.2 Å². The number of carbonyl (C=O) groups excluding carboxylic acids is 1. The quantitative estimate of drug-likeness (QED) is 0.562. The Morgan fingerprint density at radius 1 is 1.17 bits per heavy atom. The first-order valence-electron chi connectivity index (χ1n) is 9.51. The molecule has 0 aliphatic carbocycles. The van der Waals surface area contributed by atoms with Crippen molar-refractivity contribution in [2.75, 3.05) is 18.2 Å². The minimum Gasteiger partial charge on any atom is -0.497 e. The molecule has 3 aromatic rings. The van der Waals surface area contributed by atoms with Gasteiger partial charge in [0.05, 0.1) is 23.9 Å². The predicted octanol–water partition coefficient (Wildman–Crippen LogP) is 4.97. The Morgan fingerprint density at radius 3 is 2.52 bits per heavy atom. The fourth-order valence-corrected chi connectivity index (χ4v) is 3.92. The number of hydrogen-bond acceptors (Lipinski definition) is 5. The summed E-state index contributed by atoms with van der Waals surface area (Å²) in [6.45, 7) is 4.15. The number of ether oxygens (including phenoxy) is 1. The molecule has 0 saturated heterocycles. The van der Waals surface area contributed by atoms with Crippen molar-refractivity contribution in [3.05, 3.63) is 59.2 Å². The second-order valence-electron chi connectivity index (χ2n) is 6.51. The highest BCUT2D eigenvalue weighted by atomic mass is 32.2. The van der Waals surface area contributed by atoms with Crippen molar-refractivity contribution in [1.29, 1.82) is 5.26 Å². The molecule has 5 nitrogen and oxygen atoms in total. The number of aryl methyl sites for hydroxylation is 2. The van der Waals surface area contributed by atoms with Crippen LogP contribution in [0, 0.1) is 11.3 Å². The third kappa shape index (κ3) is 4.69. The van der Waals surface area contributed by atoms with Crippen LogP contribution in [0.4, 0.5) is 5.69 Å². The molecule has 1 aromatic heterocycles. The number of rotatable bonds is 7. The Kier molecular flexibility index (Phi) is 6.73. The molecule has 1 heterocycles. The fourth-order valence-electron chi connectivity index (χ4n) is 3.16. The Morgan fingerprint density at radius 2 is 1.90 bits per heavy atom. The lowest BCUT2D eigenvalue weighted by Crippen LogP contribution is -2.17. The lowest BCUT2D eigenvalue weighted by atomic mass is 10.0. The number of carbonyl (C=O) groups is 1. The third-order valence-electron chi connectivity index (χ3n) is 4.71. The summed E-state index contributed by atoms with van der Waals surface area (Å²) in [4.78, 5) is 17.2. The third-order valence-corrected chi connectivity index (χ3v) is 5.70. The molecule has 148 valence electrons. The van der Waals surface area contributed by atoms with E-state index in [1.165, 1.54) is 11.8 Å². The van der Waals surface area contributed by atoms with E-state index in [0.29, 0.717) is 16.3 Å². The predicted molar refractivity (Wildman–Crippen MR) is 118 cm³/mol. The lowest BCUT2D eigenvalue weighted by Gasteiger charge is -2.14. The standard InChI is InChI=1S/C23H23N3O2S/c1-4-15-7-6-8-16(5-2)22(15)26-21(27)14-29-23-18(13-24)11-17-9-10-19(28-3)12-20(17)25-23/h6-12H,4-5,14H2,1-3H3,(H,26,27). The number of anilines is 1. The molecule has 0 aliphatic heterocycles. The molecule has 0 bridgehead atoms. The molecule has 6 heteroatoms. The van der Waals surface area contributed by atoms with Crippen molar-refractivity contribution < 1.29 is 9.53 Å².